The van der Waals surface area contributed by atoms with Gasteiger partial charge in [0.1, 0.15) is 5.69 Å². The summed E-state index contributed by atoms with van der Waals surface area (Å²) in [5.74, 6) is -2.92. The van der Waals surface area contributed by atoms with E-state index in [1.165, 1.54) is 6.20 Å². The van der Waals surface area contributed by atoms with Gasteiger partial charge in [-0.3, -0.25) is 4.98 Å². The van der Waals surface area contributed by atoms with Crippen LogP contribution in [0.2, 0.25) is 0 Å². The third-order valence-corrected chi connectivity index (χ3v) is 1.85. The largest absolute Gasteiger partial charge is 0.288 e. The summed E-state index contributed by atoms with van der Waals surface area (Å²) in [6.07, 6.45) is 2.63. The number of hydrogen-bond donors (Lipinski definition) is 0. The second-order valence-corrected chi connectivity index (χ2v) is 4.43. The first kappa shape index (κ1) is 11.0. The molecule has 0 N–H and O–H groups in total. The highest BCUT2D eigenvalue weighted by Crippen LogP contribution is 2.27. The lowest BCUT2D eigenvalue weighted by atomic mass is 9.92. The zero-order chi connectivity index (χ0) is 11.0. The van der Waals surface area contributed by atoms with E-state index in [1.54, 1.807) is 0 Å². The van der Waals surface area contributed by atoms with Crippen LogP contribution < -0.4 is 0 Å². The third-order valence-electron chi connectivity index (χ3n) is 1.85. The van der Waals surface area contributed by atoms with Gasteiger partial charge in [-0.2, -0.15) is 8.78 Å². The monoisotopic (exact) mass is 200 g/mol. The van der Waals surface area contributed by atoms with Gasteiger partial charge in [0.25, 0.3) is 5.92 Å². The summed E-state index contributed by atoms with van der Waals surface area (Å²) < 4.78 is 25.8. The fourth-order valence-corrected chi connectivity index (χ4v) is 0.939. The Labute approximate surface area is 82.4 Å². The summed E-state index contributed by atoms with van der Waals surface area (Å²) in [6.45, 7) is 6.56. The molecule has 2 nitrogen and oxygen atoms in total. The molecule has 0 amide bonds. The Morgan fingerprint density at radius 1 is 1.00 bits per heavy atom. The van der Waals surface area contributed by atoms with Crippen molar-refractivity contribution in [1.82, 2.24) is 9.97 Å². The smallest absolute Gasteiger partial charge is 0.261 e. The second-order valence-electron chi connectivity index (χ2n) is 4.43. The van der Waals surface area contributed by atoms with Gasteiger partial charge in [0.2, 0.25) is 0 Å². The molecule has 0 aromatic carbocycles. The lowest BCUT2D eigenvalue weighted by Gasteiger charge is -2.19. The number of alkyl halides is 2. The number of aromatic nitrogens is 2. The maximum Gasteiger partial charge on any atom is 0.288 e. The van der Waals surface area contributed by atoms with E-state index >= 15 is 0 Å². The van der Waals surface area contributed by atoms with Crippen LogP contribution in [0.4, 0.5) is 8.78 Å². The van der Waals surface area contributed by atoms with Gasteiger partial charge in [0.15, 0.2) is 0 Å². The normalized spacial score (nSPS) is 13.0. The molecule has 0 aliphatic rings. The molecular weight excluding hydrogens is 186 g/mol. The van der Waals surface area contributed by atoms with E-state index in [-0.39, 0.29) is 11.1 Å². The average molecular weight is 200 g/mol. The first-order valence-corrected chi connectivity index (χ1v) is 4.42. The van der Waals surface area contributed by atoms with Crippen molar-refractivity contribution in [3.8, 4) is 0 Å². The van der Waals surface area contributed by atoms with Crippen molar-refractivity contribution in [3.05, 3.63) is 23.8 Å². The minimum atomic E-state index is -2.92. The van der Waals surface area contributed by atoms with Crippen molar-refractivity contribution in [3.63, 3.8) is 0 Å². The summed E-state index contributed by atoms with van der Waals surface area (Å²) in [5, 5.41) is 0. The molecule has 0 spiro atoms. The topological polar surface area (TPSA) is 25.8 Å². The molecule has 78 valence electrons. The summed E-state index contributed by atoms with van der Waals surface area (Å²) in [4.78, 5) is 7.68. The predicted octanol–water partition coefficient (Wildman–Crippen LogP) is 2.89. The van der Waals surface area contributed by atoms with Crippen molar-refractivity contribution in [2.75, 3.05) is 0 Å². The van der Waals surface area contributed by atoms with Gasteiger partial charge in [-0.25, -0.2) is 4.98 Å². The van der Waals surface area contributed by atoms with Crippen LogP contribution in [-0.2, 0) is 11.3 Å². The molecule has 1 aromatic heterocycles. The first-order valence-electron chi connectivity index (χ1n) is 4.42. The van der Waals surface area contributed by atoms with E-state index in [0.717, 1.165) is 13.1 Å². The highest BCUT2D eigenvalue weighted by Gasteiger charge is 2.28. The predicted molar refractivity (Wildman–Crippen MR) is 50.3 cm³/mol. The van der Waals surface area contributed by atoms with Crippen LogP contribution in [0.3, 0.4) is 0 Å². The Morgan fingerprint density at radius 3 is 1.93 bits per heavy atom. The van der Waals surface area contributed by atoms with E-state index in [1.807, 2.05) is 20.8 Å². The summed E-state index contributed by atoms with van der Waals surface area (Å²) in [7, 11) is 0. The minimum absolute atomic E-state index is 0.256. The maximum absolute atomic E-state index is 12.9. The molecule has 1 aromatic rings. The number of rotatable bonds is 1. The minimum Gasteiger partial charge on any atom is -0.261 e. The molecule has 1 rings (SSSR count). The van der Waals surface area contributed by atoms with Crippen LogP contribution in [0.1, 0.15) is 39.1 Å². The number of hydrogen-bond acceptors (Lipinski definition) is 2. The van der Waals surface area contributed by atoms with Crippen LogP contribution in [0.5, 0.6) is 0 Å². The molecule has 0 atom stereocenters. The van der Waals surface area contributed by atoms with Gasteiger partial charge < -0.3 is 0 Å². The molecule has 0 aliphatic carbocycles. The Balaban J connectivity index is 3.15. The Bertz CT molecular complexity index is 294. The van der Waals surface area contributed by atoms with Crippen molar-refractivity contribution in [2.24, 2.45) is 0 Å². The third kappa shape index (κ3) is 2.47. The lowest BCUT2D eigenvalue weighted by molar-refractivity contribution is 0.0120. The summed E-state index contributed by atoms with van der Waals surface area (Å²) in [5.41, 5.74) is 0.0512. The van der Waals surface area contributed by atoms with E-state index < -0.39 is 5.92 Å². The van der Waals surface area contributed by atoms with Crippen molar-refractivity contribution >= 4 is 0 Å². The average Bonchev–Trinajstić information content (AvgIpc) is 2.01. The van der Waals surface area contributed by atoms with Gasteiger partial charge in [0.05, 0.1) is 11.9 Å². The quantitative estimate of drug-likeness (QED) is 0.696. The molecule has 0 unspecified atom stereocenters. The summed E-state index contributed by atoms with van der Waals surface area (Å²) >= 11 is 0. The van der Waals surface area contributed by atoms with E-state index in [0.29, 0.717) is 5.69 Å². The Morgan fingerprint density at radius 2 is 1.50 bits per heavy atom. The van der Waals surface area contributed by atoms with Gasteiger partial charge in [-0.15, -0.1) is 0 Å². The van der Waals surface area contributed by atoms with Gasteiger partial charge in [-0.05, 0) is 0 Å². The number of nitrogens with zero attached hydrogens (tertiary/aromatic N) is 2. The van der Waals surface area contributed by atoms with Crippen LogP contribution in [0.25, 0.3) is 0 Å². The van der Waals surface area contributed by atoms with Crippen molar-refractivity contribution in [2.45, 2.75) is 39.0 Å². The first-order chi connectivity index (χ1) is 6.21. The lowest BCUT2D eigenvalue weighted by Crippen LogP contribution is -2.18. The van der Waals surface area contributed by atoms with Crippen molar-refractivity contribution in [1.29, 1.82) is 0 Å². The van der Waals surface area contributed by atoms with Crippen LogP contribution in [0.15, 0.2) is 12.4 Å². The standard InChI is InChI=1S/C10H14F2N2/c1-9(2,3)7-5-13-6-8(14-7)10(4,11)12/h5-6H,1-4H3. The van der Waals surface area contributed by atoms with Gasteiger partial charge in [0, 0.05) is 18.5 Å². The molecule has 0 fully saturated rings. The molecule has 14 heavy (non-hydrogen) atoms. The van der Waals surface area contributed by atoms with E-state index in [2.05, 4.69) is 9.97 Å². The van der Waals surface area contributed by atoms with E-state index in [4.69, 9.17) is 0 Å². The van der Waals surface area contributed by atoms with Crippen LogP contribution in [0, 0.1) is 0 Å². The zero-order valence-electron chi connectivity index (χ0n) is 8.81. The molecule has 1 heterocycles. The van der Waals surface area contributed by atoms with Crippen LogP contribution >= 0.6 is 0 Å². The molecule has 0 bridgehead atoms. The maximum atomic E-state index is 12.9. The Hall–Kier alpha value is -1.06. The highest BCUT2D eigenvalue weighted by atomic mass is 19.3. The molecule has 0 saturated carbocycles. The Kier molecular flexibility index (Phi) is 2.56. The SMILES string of the molecule is CC(C)(C)c1cncc(C(C)(F)F)n1. The highest BCUT2D eigenvalue weighted by molar-refractivity contribution is 5.14. The van der Waals surface area contributed by atoms with Gasteiger partial charge >= 0.3 is 0 Å². The second kappa shape index (κ2) is 3.26. The number of halogens is 2. The molecule has 0 radical (unpaired) electrons. The molecule has 0 saturated heterocycles. The zero-order valence-corrected chi connectivity index (χ0v) is 8.81. The molecular formula is C10H14F2N2. The fraction of sp³-hybridized carbons (Fsp3) is 0.600. The fourth-order valence-electron chi connectivity index (χ4n) is 0.939. The van der Waals surface area contributed by atoms with Gasteiger partial charge in [-0.1, -0.05) is 20.8 Å². The molecule has 4 heteroatoms. The van der Waals surface area contributed by atoms with Crippen LogP contribution in [-0.4, -0.2) is 9.97 Å². The van der Waals surface area contributed by atoms with Crippen molar-refractivity contribution < 1.29 is 8.78 Å². The van der Waals surface area contributed by atoms with E-state index in [9.17, 15) is 8.78 Å². The summed E-state index contributed by atoms with van der Waals surface area (Å²) in [6, 6.07) is 0. The molecule has 0 aliphatic heterocycles.